The van der Waals surface area contributed by atoms with Gasteiger partial charge in [-0.2, -0.15) is 0 Å². The molecule has 112 valence electrons. The van der Waals surface area contributed by atoms with Crippen molar-refractivity contribution in [1.82, 2.24) is 15.6 Å². The van der Waals surface area contributed by atoms with Crippen LogP contribution in [0.25, 0.3) is 0 Å². The molecule has 0 aromatic carbocycles. The third-order valence-electron chi connectivity index (χ3n) is 3.61. The number of aliphatic imine (C=N–C) groups is 1. The van der Waals surface area contributed by atoms with Crippen molar-refractivity contribution in [3.8, 4) is 0 Å². The largest absolute Gasteiger partial charge is 0.355 e. The maximum atomic E-state index is 5.45. The Kier molecular flexibility index (Phi) is 7.82. The highest BCUT2D eigenvalue weighted by molar-refractivity contribution is 5.79. The van der Waals surface area contributed by atoms with Crippen molar-refractivity contribution >= 4 is 5.96 Å². The highest BCUT2D eigenvalue weighted by Gasteiger charge is 2.16. The first-order valence-corrected chi connectivity index (χ1v) is 7.62. The molecular formula is C14H31N5. The fourth-order valence-electron chi connectivity index (χ4n) is 2.41. The Morgan fingerprint density at radius 3 is 2.84 bits per heavy atom. The second-order valence-electron chi connectivity index (χ2n) is 5.89. The Hall–Kier alpha value is -0.810. The lowest BCUT2D eigenvalue weighted by atomic mass is 10.0. The molecule has 1 aliphatic rings. The van der Waals surface area contributed by atoms with Gasteiger partial charge in [0.05, 0.1) is 0 Å². The number of hydrazine groups is 1. The summed E-state index contributed by atoms with van der Waals surface area (Å²) in [5, 5.41) is 3.27. The molecule has 1 heterocycles. The summed E-state index contributed by atoms with van der Waals surface area (Å²) >= 11 is 0. The minimum Gasteiger partial charge on any atom is -0.355 e. The average molecular weight is 269 g/mol. The van der Waals surface area contributed by atoms with Gasteiger partial charge in [0.1, 0.15) is 0 Å². The van der Waals surface area contributed by atoms with E-state index in [-0.39, 0.29) is 0 Å². The molecule has 1 rings (SSSR count). The van der Waals surface area contributed by atoms with Gasteiger partial charge < -0.3 is 10.2 Å². The van der Waals surface area contributed by atoms with Crippen LogP contribution in [0, 0.1) is 5.92 Å². The van der Waals surface area contributed by atoms with Gasteiger partial charge in [0.15, 0.2) is 0 Å². The molecule has 0 spiro atoms. The molecule has 0 radical (unpaired) electrons. The summed E-state index contributed by atoms with van der Waals surface area (Å²) in [7, 11) is 0. The summed E-state index contributed by atoms with van der Waals surface area (Å²) in [4.78, 5) is 6.99. The zero-order chi connectivity index (χ0) is 14.1. The van der Waals surface area contributed by atoms with Gasteiger partial charge >= 0.3 is 0 Å². The molecule has 0 saturated carbocycles. The quantitative estimate of drug-likeness (QED) is 0.224. The van der Waals surface area contributed by atoms with Crippen molar-refractivity contribution in [3.05, 3.63) is 0 Å². The van der Waals surface area contributed by atoms with E-state index in [4.69, 9.17) is 5.84 Å². The number of guanidine groups is 1. The first kappa shape index (κ1) is 16.2. The van der Waals surface area contributed by atoms with E-state index in [1.165, 1.54) is 25.8 Å². The Morgan fingerprint density at radius 2 is 2.21 bits per heavy atom. The third-order valence-corrected chi connectivity index (χ3v) is 3.61. The fourth-order valence-corrected chi connectivity index (χ4v) is 2.41. The minimum atomic E-state index is 0.555. The summed E-state index contributed by atoms with van der Waals surface area (Å²) in [5.74, 6) is 6.72. The predicted octanol–water partition coefficient (Wildman–Crippen LogP) is 1.32. The van der Waals surface area contributed by atoms with Gasteiger partial charge in [0.2, 0.25) is 5.96 Å². The molecule has 19 heavy (non-hydrogen) atoms. The van der Waals surface area contributed by atoms with Crippen molar-refractivity contribution in [2.75, 3.05) is 26.2 Å². The molecule has 1 saturated heterocycles. The topological polar surface area (TPSA) is 65.7 Å². The Morgan fingerprint density at radius 1 is 1.42 bits per heavy atom. The van der Waals surface area contributed by atoms with Gasteiger partial charge in [0, 0.05) is 25.7 Å². The van der Waals surface area contributed by atoms with E-state index < -0.39 is 0 Å². The van der Waals surface area contributed by atoms with Gasteiger partial charge in [-0.15, -0.1) is 0 Å². The first-order valence-electron chi connectivity index (χ1n) is 7.62. The minimum absolute atomic E-state index is 0.555. The standard InChI is InChI=1S/C14H31N5/c1-12(2)11-17-14(18-15)16-8-6-10-19-9-5-4-7-13(19)3/h12-13H,4-11,15H2,1-3H3,(H2,16,17,18). The maximum absolute atomic E-state index is 5.45. The van der Waals surface area contributed by atoms with E-state index >= 15 is 0 Å². The van der Waals surface area contributed by atoms with E-state index in [9.17, 15) is 0 Å². The van der Waals surface area contributed by atoms with Gasteiger partial charge in [-0.05, 0) is 38.6 Å². The lowest BCUT2D eigenvalue weighted by molar-refractivity contribution is 0.159. The van der Waals surface area contributed by atoms with Crippen LogP contribution in [0.2, 0.25) is 0 Å². The third kappa shape index (κ3) is 6.78. The number of rotatable bonds is 6. The van der Waals surface area contributed by atoms with Gasteiger partial charge in [-0.3, -0.25) is 10.4 Å². The predicted molar refractivity (Wildman–Crippen MR) is 82.0 cm³/mol. The molecule has 1 unspecified atom stereocenters. The molecule has 0 amide bonds. The molecule has 0 bridgehead atoms. The second kappa shape index (κ2) is 9.15. The smallest absolute Gasteiger partial charge is 0.205 e. The van der Waals surface area contributed by atoms with Crippen LogP contribution in [-0.2, 0) is 0 Å². The van der Waals surface area contributed by atoms with Gasteiger partial charge in [-0.1, -0.05) is 20.3 Å². The van der Waals surface area contributed by atoms with Crippen molar-refractivity contribution < 1.29 is 0 Å². The van der Waals surface area contributed by atoms with Crippen LogP contribution in [0.5, 0.6) is 0 Å². The molecule has 0 aliphatic carbocycles. The highest BCUT2D eigenvalue weighted by Crippen LogP contribution is 2.15. The van der Waals surface area contributed by atoms with E-state index in [1.807, 2.05) is 0 Å². The van der Waals surface area contributed by atoms with Crippen LogP contribution in [0.15, 0.2) is 4.99 Å². The summed E-state index contributed by atoms with van der Waals surface area (Å²) in [5.41, 5.74) is 2.63. The van der Waals surface area contributed by atoms with E-state index in [0.29, 0.717) is 11.9 Å². The number of nitrogens with two attached hydrogens (primary N) is 1. The Labute approximate surface area is 118 Å². The van der Waals surface area contributed by atoms with Crippen molar-refractivity contribution in [2.24, 2.45) is 16.8 Å². The van der Waals surface area contributed by atoms with Crippen LogP contribution in [-0.4, -0.2) is 43.1 Å². The van der Waals surface area contributed by atoms with Crippen molar-refractivity contribution in [1.29, 1.82) is 0 Å². The lowest BCUT2D eigenvalue weighted by Crippen LogP contribution is -2.43. The van der Waals surface area contributed by atoms with Crippen molar-refractivity contribution in [3.63, 3.8) is 0 Å². The summed E-state index contributed by atoms with van der Waals surface area (Å²) in [6, 6.07) is 0.746. The van der Waals surface area contributed by atoms with Crippen LogP contribution in [0.3, 0.4) is 0 Å². The molecule has 1 aliphatic heterocycles. The van der Waals surface area contributed by atoms with E-state index in [2.05, 4.69) is 41.4 Å². The molecule has 1 atom stereocenters. The lowest BCUT2D eigenvalue weighted by Gasteiger charge is -2.33. The van der Waals surface area contributed by atoms with Gasteiger partial charge in [-0.25, -0.2) is 5.84 Å². The molecular weight excluding hydrogens is 238 g/mol. The molecule has 0 aromatic rings. The van der Waals surface area contributed by atoms with Crippen LogP contribution in [0.4, 0.5) is 0 Å². The number of hydrogen-bond donors (Lipinski definition) is 3. The molecule has 1 fully saturated rings. The average Bonchev–Trinajstić information content (AvgIpc) is 2.39. The number of nitrogens with zero attached hydrogens (tertiary/aromatic N) is 2. The fraction of sp³-hybridized carbons (Fsp3) is 0.929. The normalized spacial score (nSPS) is 21.7. The number of likely N-dealkylation sites (tertiary alicyclic amines) is 1. The summed E-state index contributed by atoms with van der Waals surface area (Å²) < 4.78 is 0. The van der Waals surface area contributed by atoms with Crippen LogP contribution < -0.4 is 16.6 Å². The summed E-state index contributed by atoms with van der Waals surface area (Å²) in [6.45, 7) is 10.8. The van der Waals surface area contributed by atoms with Crippen molar-refractivity contribution in [2.45, 2.75) is 52.5 Å². The zero-order valence-electron chi connectivity index (χ0n) is 12.8. The number of piperidine rings is 1. The van der Waals surface area contributed by atoms with E-state index in [1.54, 1.807) is 0 Å². The monoisotopic (exact) mass is 269 g/mol. The molecule has 0 aromatic heterocycles. The molecule has 4 N–H and O–H groups in total. The van der Waals surface area contributed by atoms with E-state index in [0.717, 1.165) is 32.1 Å². The Bertz CT molecular complexity index is 265. The Balaban J connectivity index is 2.16. The molecule has 5 nitrogen and oxygen atoms in total. The maximum Gasteiger partial charge on any atom is 0.205 e. The SMILES string of the molecule is CC(C)CN=C(NN)NCCCN1CCCCC1C. The first-order chi connectivity index (χ1) is 9.13. The second-order valence-corrected chi connectivity index (χ2v) is 5.89. The molecule has 5 heteroatoms. The van der Waals surface area contributed by atoms with Crippen LogP contribution in [0.1, 0.15) is 46.5 Å². The number of hydrogen-bond acceptors (Lipinski definition) is 3. The number of nitrogens with one attached hydrogen (secondary N) is 2. The highest BCUT2D eigenvalue weighted by atomic mass is 15.3. The zero-order valence-corrected chi connectivity index (χ0v) is 12.8. The van der Waals surface area contributed by atoms with Crippen LogP contribution >= 0.6 is 0 Å². The summed E-state index contributed by atoms with van der Waals surface area (Å²) in [6.07, 6.45) is 5.22. The van der Waals surface area contributed by atoms with Gasteiger partial charge in [0.25, 0.3) is 0 Å².